The Morgan fingerprint density at radius 3 is 2.37 bits per heavy atom. The van der Waals surface area contributed by atoms with Crippen LogP contribution < -0.4 is 0 Å². The van der Waals surface area contributed by atoms with Gasteiger partial charge in [0.15, 0.2) is 0 Å². The normalized spacial score (nSPS) is 28.1. The smallest absolute Gasteiger partial charge is 0.308 e. The number of methoxy groups -OCH3 is 1. The van der Waals surface area contributed by atoms with Gasteiger partial charge in [-0.3, -0.25) is 9.59 Å². The van der Waals surface area contributed by atoms with Crippen molar-refractivity contribution in [2.24, 2.45) is 17.8 Å². The van der Waals surface area contributed by atoms with Gasteiger partial charge in [-0.25, -0.2) is 0 Å². The van der Waals surface area contributed by atoms with Gasteiger partial charge >= 0.3 is 11.9 Å². The molecule has 0 N–H and O–H groups in total. The molecule has 108 valence electrons. The first-order valence-corrected chi connectivity index (χ1v) is 7.45. The van der Waals surface area contributed by atoms with Crippen molar-refractivity contribution in [2.45, 2.75) is 51.4 Å². The molecule has 0 aromatic rings. The fourth-order valence-corrected chi connectivity index (χ4v) is 3.26. The molecule has 2 unspecified atom stereocenters. The highest BCUT2D eigenvalue weighted by atomic mass is 16.5. The van der Waals surface area contributed by atoms with Gasteiger partial charge in [0.2, 0.25) is 0 Å². The van der Waals surface area contributed by atoms with Crippen LogP contribution in [0.5, 0.6) is 0 Å². The van der Waals surface area contributed by atoms with Crippen LogP contribution in [0.4, 0.5) is 0 Å². The van der Waals surface area contributed by atoms with Crippen LogP contribution in [-0.2, 0) is 19.1 Å². The van der Waals surface area contributed by atoms with E-state index in [4.69, 9.17) is 9.47 Å². The minimum absolute atomic E-state index is 0.00313. The first-order valence-electron chi connectivity index (χ1n) is 7.45. The molecule has 0 saturated heterocycles. The summed E-state index contributed by atoms with van der Waals surface area (Å²) in [5.41, 5.74) is 0. The summed E-state index contributed by atoms with van der Waals surface area (Å²) >= 11 is 0. The van der Waals surface area contributed by atoms with Crippen molar-refractivity contribution in [1.82, 2.24) is 0 Å². The Balaban J connectivity index is 1.68. The standard InChI is InChI=1S/C15H24O4/c1-18-14(16)13-8-7-11(9-13)10-19-15(17)12-5-3-2-4-6-12/h11-13H,2-10H2,1H3. The van der Waals surface area contributed by atoms with Crippen molar-refractivity contribution in [3.63, 3.8) is 0 Å². The lowest BCUT2D eigenvalue weighted by molar-refractivity contribution is -0.151. The third-order valence-corrected chi connectivity index (χ3v) is 4.48. The number of hydrogen-bond acceptors (Lipinski definition) is 4. The van der Waals surface area contributed by atoms with Crippen molar-refractivity contribution in [1.29, 1.82) is 0 Å². The van der Waals surface area contributed by atoms with Gasteiger partial charge in [-0.15, -0.1) is 0 Å². The second kappa shape index (κ2) is 6.92. The third-order valence-electron chi connectivity index (χ3n) is 4.48. The Hall–Kier alpha value is -1.06. The lowest BCUT2D eigenvalue weighted by atomic mass is 9.89. The highest BCUT2D eigenvalue weighted by molar-refractivity contribution is 5.73. The first-order chi connectivity index (χ1) is 9.20. The van der Waals surface area contributed by atoms with E-state index in [2.05, 4.69) is 0 Å². The van der Waals surface area contributed by atoms with E-state index < -0.39 is 0 Å². The van der Waals surface area contributed by atoms with Crippen molar-refractivity contribution < 1.29 is 19.1 Å². The Morgan fingerprint density at radius 2 is 1.68 bits per heavy atom. The summed E-state index contributed by atoms with van der Waals surface area (Å²) in [7, 11) is 1.43. The SMILES string of the molecule is COC(=O)C1CCC(COC(=O)C2CCCCC2)C1. The van der Waals surface area contributed by atoms with E-state index in [1.54, 1.807) is 0 Å². The number of carbonyl (C=O) groups excluding carboxylic acids is 2. The zero-order chi connectivity index (χ0) is 13.7. The van der Waals surface area contributed by atoms with Crippen molar-refractivity contribution in [3.05, 3.63) is 0 Å². The summed E-state index contributed by atoms with van der Waals surface area (Å²) in [6.07, 6.45) is 8.11. The number of hydrogen-bond donors (Lipinski definition) is 0. The average molecular weight is 268 g/mol. The summed E-state index contributed by atoms with van der Waals surface area (Å²) in [4.78, 5) is 23.3. The molecular formula is C15H24O4. The molecule has 2 saturated carbocycles. The molecule has 0 bridgehead atoms. The summed E-state index contributed by atoms with van der Waals surface area (Å²) in [6, 6.07) is 0. The lowest BCUT2D eigenvalue weighted by Gasteiger charge is -2.21. The molecule has 19 heavy (non-hydrogen) atoms. The lowest BCUT2D eigenvalue weighted by Crippen LogP contribution is -2.23. The van der Waals surface area contributed by atoms with Gasteiger partial charge in [-0.05, 0) is 38.0 Å². The van der Waals surface area contributed by atoms with Crippen molar-refractivity contribution >= 4 is 11.9 Å². The van der Waals surface area contributed by atoms with Gasteiger partial charge in [0.05, 0.1) is 25.6 Å². The molecule has 0 spiro atoms. The average Bonchev–Trinajstić information content (AvgIpc) is 2.93. The largest absolute Gasteiger partial charge is 0.469 e. The molecule has 4 heteroatoms. The van der Waals surface area contributed by atoms with Crippen LogP contribution in [0.15, 0.2) is 0 Å². The van der Waals surface area contributed by atoms with E-state index in [0.29, 0.717) is 12.5 Å². The van der Waals surface area contributed by atoms with Crippen LogP contribution >= 0.6 is 0 Å². The van der Waals surface area contributed by atoms with Gasteiger partial charge in [-0.2, -0.15) is 0 Å². The van der Waals surface area contributed by atoms with E-state index in [1.807, 2.05) is 0 Å². The van der Waals surface area contributed by atoms with Gasteiger partial charge in [-0.1, -0.05) is 19.3 Å². The van der Waals surface area contributed by atoms with Crippen molar-refractivity contribution in [3.8, 4) is 0 Å². The van der Waals surface area contributed by atoms with Gasteiger partial charge < -0.3 is 9.47 Å². The summed E-state index contributed by atoms with van der Waals surface area (Å²) < 4.78 is 10.2. The maximum absolute atomic E-state index is 11.9. The first kappa shape index (κ1) is 14.4. The Bertz CT molecular complexity index is 320. The highest BCUT2D eigenvalue weighted by Gasteiger charge is 2.32. The number of rotatable bonds is 4. The molecule has 2 rings (SSSR count). The van der Waals surface area contributed by atoms with Crippen LogP contribution in [0.2, 0.25) is 0 Å². The van der Waals surface area contributed by atoms with E-state index in [1.165, 1.54) is 13.5 Å². The summed E-state index contributed by atoms with van der Waals surface area (Å²) in [6.45, 7) is 0.475. The molecule has 2 atom stereocenters. The van der Waals surface area contributed by atoms with E-state index in [0.717, 1.165) is 44.9 Å². The van der Waals surface area contributed by atoms with Crippen LogP contribution in [0.25, 0.3) is 0 Å². The topological polar surface area (TPSA) is 52.6 Å². The van der Waals surface area contributed by atoms with E-state index in [-0.39, 0.29) is 23.8 Å². The quantitative estimate of drug-likeness (QED) is 0.736. The molecule has 0 amide bonds. The second-order valence-electron chi connectivity index (χ2n) is 5.86. The predicted octanol–water partition coefficient (Wildman–Crippen LogP) is 2.70. The fraction of sp³-hybridized carbons (Fsp3) is 0.867. The van der Waals surface area contributed by atoms with E-state index in [9.17, 15) is 9.59 Å². The predicted molar refractivity (Wildman–Crippen MR) is 70.4 cm³/mol. The molecule has 0 aromatic heterocycles. The maximum Gasteiger partial charge on any atom is 0.308 e. The van der Waals surface area contributed by atoms with Gasteiger partial charge in [0.25, 0.3) is 0 Å². The summed E-state index contributed by atoms with van der Waals surface area (Å²) in [5.74, 6) is 0.300. The van der Waals surface area contributed by atoms with Crippen LogP contribution in [0.3, 0.4) is 0 Å². The minimum Gasteiger partial charge on any atom is -0.469 e. The number of esters is 2. The molecule has 0 heterocycles. The maximum atomic E-state index is 11.9. The van der Waals surface area contributed by atoms with Crippen molar-refractivity contribution in [2.75, 3.05) is 13.7 Å². The minimum atomic E-state index is -0.124. The van der Waals surface area contributed by atoms with Crippen LogP contribution in [-0.4, -0.2) is 25.7 Å². The van der Waals surface area contributed by atoms with E-state index >= 15 is 0 Å². The Morgan fingerprint density at radius 1 is 0.947 bits per heavy atom. The third kappa shape index (κ3) is 3.95. The molecule has 0 radical (unpaired) electrons. The second-order valence-corrected chi connectivity index (χ2v) is 5.86. The highest BCUT2D eigenvalue weighted by Crippen LogP contribution is 2.32. The molecule has 2 aliphatic carbocycles. The molecular weight excluding hydrogens is 244 g/mol. The zero-order valence-electron chi connectivity index (χ0n) is 11.7. The Labute approximate surface area is 114 Å². The molecule has 2 fully saturated rings. The molecule has 2 aliphatic rings. The summed E-state index contributed by atoms with van der Waals surface area (Å²) in [5, 5.41) is 0. The zero-order valence-corrected chi connectivity index (χ0v) is 11.7. The van der Waals surface area contributed by atoms with Gasteiger partial charge in [0, 0.05) is 0 Å². The molecule has 4 nitrogen and oxygen atoms in total. The van der Waals surface area contributed by atoms with Crippen LogP contribution in [0, 0.1) is 17.8 Å². The van der Waals surface area contributed by atoms with Gasteiger partial charge in [0.1, 0.15) is 0 Å². The van der Waals surface area contributed by atoms with Crippen LogP contribution in [0.1, 0.15) is 51.4 Å². The molecule has 0 aliphatic heterocycles. The number of ether oxygens (including phenoxy) is 2. The molecule has 0 aromatic carbocycles. The monoisotopic (exact) mass is 268 g/mol. The number of carbonyl (C=O) groups is 2. The fourth-order valence-electron chi connectivity index (χ4n) is 3.26. The Kier molecular flexibility index (Phi) is 5.23.